The molecule has 16 heteroatoms. The number of rotatable bonds is 16. The number of nitrogens with one attached hydrogen (secondary N) is 3. The van der Waals surface area contributed by atoms with Gasteiger partial charge in [-0.3, -0.25) is 14.7 Å². The van der Waals surface area contributed by atoms with Crippen molar-refractivity contribution in [1.82, 2.24) is 20.5 Å². The summed E-state index contributed by atoms with van der Waals surface area (Å²) in [4.78, 5) is 54.0. The fourth-order valence-corrected chi connectivity index (χ4v) is 6.83. The van der Waals surface area contributed by atoms with Crippen LogP contribution in [0.1, 0.15) is 78.1 Å². The molecule has 0 saturated heterocycles. The third-order valence-electron chi connectivity index (χ3n) is 9.91. The molecule has 1 saturated carbocycles. The molecule has 3 aromatic carbocycles. The molecule has 12 nitrogen and oxygen atoms in total. The summed E-state index contributed by atoms with van der Waals surface area (Å²) in [6.45, 7) is 9.70. The highest BCUT2D eigenvalue weighted by molar-refractivity contribution is 5.96. The Morgan fingerprint density at radius 2 is 1.51 bits per heavy atom. The summed E-state index contributed by atoms with van der Waals surface area (Å²) in [5.41, 5.74) is 2.44. The number of H-pyrrole nitrogens is 1. The third kappa shape index (κ3) is 11.4. The summed E-state index contributed by atoms with van der Waals surface area (Å²) in [5.74, 6) is -16.2. The number of carboxylic acid groups (broad SMARTS) is 1. The summed E-state index contributed by atoms with van der Waals surface area (Å²) in [5, 5.41) is 19.5. The van der Waals surface area contributed by atoms with Gasteiger partial charge in [-0.05, 0) is 114 Å². The molecule has 1 heterocycles. The Labute approximate surface area is 339 Å². The molecule has 4 aromatic rings. The molecule has 2 amide bonds. The maximum absolute atomic E-state index is 14.3. The van der Waals surface area contributed by atoms with Crippen LogP contribution in [0.2, 0.25) is 0 Å². The number of para-hydroxylation sites is 1. The van der Waals surface area contributed by atoms with Gasteiger partial charge in [0.15, 0.2) is 5.82 Å². The minimum atomic E-state index is -5.44. The van der Waals surface area contributed by atoms with Gasteiger partial charge in [0.25, 0.3) is 0 Å². The SMILES string of the molecule is CC(C)Oc1ccccc1-c1ccc(C[C@H](CC(=O)C2CCC(CNC(=O)OC(C)(C)C)CC2)C(=O)Nc2ccc(-c3n[nH]c(C(F)(F)C(F)(F)C(=O)O)n3)cc2)cc1. The van der Waals surface area contributed by atoms with E-state index in [1.807, 2.05) is 62.4 Å². The van der Waals surface area contributed by atoms with E-state index in [1.165, 1.54) is 24.3 Å². The van der Waals surface area contributed by atoms with E-state index in [0.29, 0.717) is 25.1 Å². The maximum Gasteiger partial charge on any atom is 0.411 e. The first-order chi connectivity index (χ1) is 27.7. The second-order valence-corrected chi connectivity index (χ2v) is 16.1. The lowest BCUT2D eigenvalue weighted by molar-refractivity contribution is -0.231. The summed E-state index contributed by atoms with van der Waals surface area (Å²) in [7, 11) is 0. The molecule has 59 heavy (non-hydrogen) atoms. The van der Waals surface area contributed by atoms with Crippen molar-refractivity contribution in [2.75, 3.05) is 11.9 Å². The van der Waals surface area contributed by atoms with Crippen LogP contribution >= 0.6 is 0 Å². The second-order valence-electron chi connectivity index (χ2n) is 16.1. The van der Waals surface area contributed by atoms with Gasteiger partial charge >= 0.3 is 23.9 Å². The number of benzene rings is 3. The third-order valence-corrected chi connectivity index (χ3v) is 9.91. The maximum atomic E-state index is 14.3. The number of carbonyl (C=O) groups excluding carboxylic acids is 3. The molecule has 1 fully saturated rings. The van der Waals surface area contributed by atoms with Gasteiger partial charge in [-0.25, -0.2) is 14.6 Å². The molecule has 1 atom stereocenters. The molecule has 1 aromatic heterocycles. The van der Waals surface area contributed by atoms with Crippen LogP contribution in [-0.4, -0.2) is 68.2 Å². The monoisotopic (exact) mass is 823 g/mol. The summed E-state index contributed by atoms with van der Waals surface area (Å²) >= 11 is 0. The second kappa shape index (κ2) is 18.4. The van der Waals surface area contributed by atoms with E-state index in [9.17, 15) is 36.7 Å². The number of anilines is 1. The van der Waals surface area contributed by atoms with Crippen LogP contribution in [0, 0.1) is 17.8 Å². The lowest BCUT2D eigenvalue weighted by Gasteiger charge is -2.29. The zero-order valence-electron chi connectivity index (χ0n) is 33.5. The highest BCUT2D eigenvalue weighted by atomic mass is 19.3. The Bertz CT molecular complexity index is 2090. The van der Waals surface area contributed by atoms with Crippen molar-refractivity contribution >= 4 is 29.4 Å². The summed E-state index contributed by atoms with van der Waals surface area (Å²) in [6.07, 6.45) is 2.38. The smallest absolute Gasteiger partial charge is 0.411 e. The van der Waals surface area contributed by atoms with Crippen molar-refractivity contribution in [2.45, 2.75) is 96.7 Å². The van der Waals surface area contributed by atoms with Gasteiger partial charge in [0.1, 0.15) is 17.1 Å². The zero-order chi connectivity index (χ0) is 43.1. The number of alkyl carbamates (subject to hydrolysis) is 1. The number of hydrogen-bond donors (Lipinski definition) is 4. The molecule has 4 N–H and O–H groups in total. The Morgan fingerprint density at radius 3 is 2.12 bits per heavy atom. The molecule has 5 rings (SSSR count). The lowest BCUT2D eigenvalue weighted by Crippen LogP contribution is -2.45. The largest absolute Gasteiger partial charge is 0.490 e. The quantitative estimate of drug-likeness (QED) is 0.0806. The fourth-order valence-electron chi connectivity index (χ4n) is 6.83. The van der Waals surface area contributed by atoms with Gasteiger partial charge in [0.05, 0.1) is 6.10 Å². The standard InChI is InChI=1S/C43H49F4N5O7/c1-25(2)58-35-9-7-6-8-33(35)28-14-10-26(11-15-28)22-31(23-34(53)29-16-12-27(13-17-29)24-48-40(57)59-41(3,4)5)37(54)49-32-20-18-30(19-21-32)36-50-38(52-51-36)42(44,45)43(46,47)39(55)56/h6-11,14-15,18-21,25,27,29,31H,12-13,16-17,22-24H2,1-5H3,(H,48,57)(H,49,54)(H,55,56)(H,50,51,52)/t27?,29?,31-/m1/s1. The average molecular weight is 824 g/mol. The fraction of sp³-hybridized carbons (Fsp3) is 0.442. The van der Waals surface area contributed by atoms with E-state index in [2.05, 4.69) is 20.7 Å². The Kier molecular flexibility index (Phi) is 13.8. The molecule has 0 spiro atoms. The van der Waals surface area contributed by atoms with Crippen molar-refractivity contribution < 1.29 is 51.3 Å². The van der Waals surface area contributed by atoms with Crippen LogP contribution < -0.4 is 15.4 Å². The van der Waals surface area contributed by atoms with Gasteiger partial charge in [-0.2, -0.15) is 22.7 Å². The Balaban J connectivity index is 1.29. The normalized spacial score (nSPS) is 16.6. The number of alkyl halides is 4. The first kappa shape index (κ1) is 44.3. The van der Waals surface area contributed by atoms with Gasteiger partial charge in [0.2, 0.25) is 11.7 Å². The van der Waals surface area contributed by atoms with Crippen LogP contribution in [0.25, 0.3) is 22.5 Å². The number of halogens is 4. The number of aliphatic carboxylic acids is 1. The van der Waals surface area contributed by atoms with Gasteiger partial charge < -0.3 is 25.2 Å². The van der Waals surface area contributed by atoms with Crippen molar-refractivity contribution in [3.8, 4) is 28.3 Å². The zero-order valence-corrected chi connectivity index (χ0v) is 33.5. The van der Waals surface area contributed by atoms with Crippen LogP contribution in [0.3, 0.4) is 0 Å². The van der Waals surface area contributed by atoms with Crippen LogP contribution in [0.15, 0.2) is 72.8 Å². The van der Waals surface area contributed by atoms with Crippen LogP contribution in [0.4, 0.5) is 28.0 Å². The number of aromatic nitrogens is 3. The van der Waals surface area contributed by atoms with E-state index >= 15 is 0 Å². The van der Waals surface area contributed by atoms with Crippen LogP contribution in [0.5, 0.6) is 5.75 Å². The van der Waals surface area contributed by atoms with E-state index in [0.717, 1.165) is 35.3 Å². The summed E-state index contributed by atoms with van der Waals surface area (Å²) < 4.78 is 67.3. The van der Waals surface area contributed by atoms with Crippen molar-refractivity contribution in [2.24, 2.45) is 17.8 Å². The number of ketones is 1. The number of Topliss-reactive ketones (excluding diaryl/α,β-unsaturated/α-hetero) is 1. The number of aromatic amines is 1. The Hall–Kier alpha value is -5.80. The number of amides is 2. The van der Waals surface area contributed by atoms with Gasteiger partial charge in [0, 0.05) is 41.6 Å². The molecule has 0 radical (unpaired) electrons. The number of carbonyl (C=O) groups is 4. The average Bonchev–Trinajstić information content (AvgIpc) is 3.68. The van der Waals surface area contributed by atoms with E-state index < -0.39 is 53.0 Å². The van der Waals surface area contributed by atoms with Gasteiger partial charge in [-0.15, -0.1) is 0 Å². The molecule has 316 valence electrons. The first-order valence-electron chi connectivity index (χ1n) is 19.4. The minimum absolute atomic E-state index is 0.0264. The molecule has 0 bridgehead atoms. The molecular formula is C43H49F4N5O7. The number of ether oxygens (including phenoxy) is 2. The highest BCUT2D eigenvalue weighted by Crippen LogP contribution is 2.42. The molecule has 0 aliphatic heterocycles. The molecule has 0 unspecified atom stereocenters. The van der Waals surface area contributed by atoms with Crippen molar-refractivity contribution in [1.29, 1.82) is 0 Å². The molecular weight excluding hydrogens is 774 g/mol. The molecule has 1 aliphatic carbocycles. The number of hydrogen-bond acceptors (Lipinski definition) is 8. The number of nitrogens with zero attached hydrogens (tertiary/aromatic N) is 2. The van der Waals surface area contributed by atoms with E-state index in [1.54, 1.807) is 25.9 Å². The van der Waals surface area contributed by atoms with E-state index in [4.69, 9.17) is 14.6 Å². The lowest BCUT2D eigenvalue weighted by atomic mass is 9.77. The van der Waals surface area contributed by atoms with Crippen LogP contribution in [-0.2, 0) is 31.5 Å². The highest BCUT2D eigenvalue weighted by Gasteiger charge is 2.65. The number of carboxylic acids is 1. The Morgan fingerprint density at radius 1 is 0.881 bits per heavy atom. The van der Waals surface area contributed by atoms with E-state index in [-0.39, 0.29) is 42.1 Å². The first-order valence-corrected chi connectivity index (χ1v) is 19.4. The summed E-state index contributed by atoms with van der Waals surface area (Å²) in [6, 6.07) is 21.0. The van der Waals surface area contributed by atoms with Crippen molar-refractivity contribution in [3.05, 3.63) is 84.2 Å². The van der Waals surface area contributed by atoms with Crippen molar-refractivity contribution in [3.63, 3.8) is 0 Å². The molecule has 1 aliphatic rings. The minimum Gasteiger partial charge on any atom is -0.490 e. The predicted molar refractivity (Wildman–Crippen MR) is 211 cm³/mol. The van der Waals surface area contributed by atoms with Gasteiger partial charge in [-0.1, -0.05) is 42.5 Å². The predicted octanol–water partition coefficient (Wildman–Crippen LogP) is 8.83. The topological polar surface area (TPSA) is 173 Å².